The van der Waals surface area contributed by atoms with Gasteiger partial charge in [-0.3, -0.25) is 14.4 Å². The summed E-state index contributed by atoms with van der Waals surface area (Å²) in [7, 11) is -4.21. The molecule has 16 heteroatoms. The summed E-state index contributed by atoms with van der Waals surface area (Å²) in [6, 6.07) is 7.60. The van der Waals surface area contributed by atoms with E-state index in [9.17, 15) is 32.7 Å². The minimum Gasteiger partial charge on any atom is -0.480 e. The van der Waals surface area contributed by atoms with Crippen molar-refractivity contribution in [3.8, 4) is 0 Å². The van der Waals surface area contributed by atoms with Crippen LogP contribution in [0.5, 0.6) is 0 Å². The molecule has 2 fully saturated rings. The van der Waals surface area contributed by atoms with Gasteiger partial charge in [-0.2, -0.15) is 4.31 Å². The number of anilines is 1. The first kappa shape index (κ1) is 34.2. The Balaban J connectivity index is 1.33. The van der Waals surface area contributed by atoms with Gasteiger partial charge in [0.2, 0.25) is 15.9 Å². The van der Waals surface area contributed by atoms with Crippen molar-refractivity contribution < 1.29 is 27.9 Å². The highest BCUT2D eigenvalue weighted by molar-refractivity contribution is 7.89. The zero-order valence-electron chi connectivity index (χ0n) is 23.9. The molecule has 4 N–H and O–H groups in total. The van der Waals surface area contributed by atoms with Crippen LogP contribution in [0.4, 0.5) is 5.69 Å². The van der Waals surface area contributed by atoms with Gasteiger partial charge >= 0.3 is 5.97 Å². The number of nitrogens with zero attached hydrogens (tertiary/aromatic N) is 1. The van der Waals surface area contributed by atoms with E-state index < -0.39 is 45.4 Å². The van der Waals surface area contributed by atoms with Crippen molar-refractivity contribution in [3.05, 3.63) is 90.2 Å². The molecular formula is C30H28Cl4N4O7S. The van der Waals surface area contributed by atoms with Gasteiger partial charge in [0, 0.05) is 34.9 Å². The van der Waals surface area contributed by atoms with Gasteiger partial charge in [-0.05, 0) is 60.6 Å². The Morgan fingerprint density at radius 2 is 1.65 bits per heavy atom. The molecule has 0 spiro atoms. The van der Waals surface area contributed by atoms with Gasteiger partial charge in [0.25, 0.3) is 11.5 Å². The number of amides is 2. The maximum atomic E-state index is 13.8. The Morgan fingerprint density at radius 3 is 2.30 bits per heavy atom. The molecule has 0 bridgehead atoms. The minimum absolute atomic E-state index is 0.0525. The molecule has 3 unspecified atom stereocenters. The van der Waals surface area contributed by atoms with Crippen LogP contribution in [-0.4, -0.2) is 59.2 Å². The zero-order chi connectivity index (χ0) is 33.3. The predicted octanol–water partition coefficient (Wildman–Crippen LogP) is 5.23. The molecule has 244 valence electrons. The van der Waals surface area contributed by atoms with Crippen molar-refractivity contribution in [2.45, 2.75) is 49.1 Å². The molecule has 1 saturated heterocycles. The fraction of sp³-hybridized carbons (Fsp3) is 0.333. The quantitative estimate of drug-likeness (QED) is 0.234. The van der Waals surface area contributed by atoms with Crippen LogP contribution in [0.3, 0.4) is 0 Å². The van der Waals surface area contributed by atoms with Crippen molar-refractivity contribution in [1.29, 1.82) is 0 Å². The number of nitrogens with one attached hydrogen (secondary N) is 3. The lowest BCUT2D eigenvalue weighted by atomic mass is 9.78. The molecule has 2 aliphatic rings. The van der Waals surface area contributed by atoms with Gasteiger partial charge in [-0.15, -0.1) is 0 Å². The van der Waals surface area contributed by atoms with Crippen LogP contribution in [0, 0.1) is 11.8 Å². The molecule has 1 aliphatic heterocycles. The van der Waals surface area contributed by atoms with Gasteiger partial charge < -0.3 is 20.7 Å². The van der Waals surface area contributed by atoms with E-state index in [1.807, 2.05) is 0 Å². The summed E-state index contributed by atoms with van der Waals surface area (Å²) in [6.07, 6.45) is 4.13. The molecule has 1 aliphatic carbocycles. The number of carbonyl (C=O) groups excluding carboxylic acids is 2. The van der Waals surface area contributed by atoms with E-state index in [0.717, 1.165) is 29.8 Å². The molecule has 11 nitrogen and oxygen atoms in total. The number of carboxylic acid groups (broad SMARTS) is 1. The van der Waals surface area contributed by atoms with E-state index in [0.29, 0.717) is 17.7 Å². The fourth-order valence-electron chi connectivity index (χ4n) is 6.12. The van der Waals surface area contributed by atoms with E-state index in [1.54, 1.807) is 12.1 Å². The summed E-state index contributed by atoms with van der Waals surface area (Å²) >= 11 is 24.2. The number of carbonyl (C=O) groups is 3. The standard InChI is InChI=1S/C30H28Cl4N4O7S/c31-17-10-18(32)12-20(11-17)46(44,45)38-14-16-3-1-2-4-21(16)26(38)29(41)37-23(30(42)43)9-15-5-7-19(8-6-15)36-27(39)24-22(33)13-35-28(40)25(24)34/h5-8,10-13,16,21,23,26H,1-4,9,14H2,(H,35,40)(H,36,39)(H,37,41)(H,42,43)/t16?,21?,23-,26?/m0/s1. The van der Waals surface area contributed by atoms with E-state index in [2.05, 4.69) is 15.6 Å². The number of fused-ring (bicyclic) bond motifs is 1. The average molecular weight is 730 g/mol. The van der Waals surface area contributed by atoms with Crippen molar-refractivity contribution in [3.63, 3.8) is 0 Å². The molecule has 2 amide bonds. The fourth-order valence-corrected chi connectivity index (χ4v) is 9.07. The number of sulfonamides is 1. The summed E-state index contributed by atoms with van der Waals surface area (Å²) in [4.78, 5) is 52.7. The first-order valence-electron chi connectivity index (χ1n) is 14.2. The number of benzene rings is 2. The number of halogens is 4. The molecule has 2 heterocycles. The highest BCUT2D eigenvalue weighted by Crippen LogP contribution is 2.43. The number of rotatable bonds is 9. The SMILES string of the molecule is O=C(Nc1ccc(C[C@H](NC(=O)C2C3CCCCC3CN2S(=O)(=O)c2cc(Cl)cc(Cl)c2)C(=O)O)cc1)c1c(Cl)c[nH]c(=O)c1Cl. The van der Waals surface area contributed by atoms with Crippen LogP contribution in [0.25, 0.3) is 0 Å². The van der Waals surface area contributed by atoms with Gasteiger partial charge in [-0.1, -0.05) is 71.4 Å². The molecule has 46 heavy (non-hydrogen) atoms. The Labute approximate surface area is 284 Å². The van der Waals surface area contributed by atoms with Crippen LogP contribution in [0.1, 0.15) is 41.6 Å². The molecule has 0 radical (unpaired) electrons. The highest BCUT2D eigenvalue weighted by atomic mass is 35.5. The monoisotopic (exact) mass is 728 g/mol. The van der Waals surface area contributed by atoms with Crippen LogP contribution >= 0.6 is 46.4 Å². The van der Waals surface area contributed by atoms with Crippen LogP contribution in [0.2, 0.25) is 20.1 Å². The number of hydrogen-bond donors (Lipinski definition) is 4. The number of aromatic nitrogens is 1. The van der Waals surface area contributed by atoms with E-state index in [4.69, 9.17) is 46.4 Å². The molecule has 1 saturated carbocycles. The smallest absolute Gasteiger partial charge is 0.326 e. The van der Waals surface area contributed by atoms with Crippen molar-refractivity contribution >= 4 is 79.9 Å². The Bertz CT molecular complexity index is 1830. The van der Waals surface area contributed by atoms with Gasteiger partial charge in [-0.25, -0.2) is 13.2 Å². The Morgan fingerprint density at radius 1 is 1.00 bits per heavy atom. The average Bonchev–Trinajstić information content (AvgIpc) is 3.40. The molecule has 4 atom stereocenters. The Hall–Kier alpha value is -3.13. The number of hydrogen-bond acceptors (Lipinski definition) is 6. The largest absolute Gasteiger partial charge is 0.480 e. The van der Waals surface area contributed by atoms with Gasteiger partial charge in [0.1, 0.15) is 17.1 Å². The normalized spacial score (nSPS) is 20.5. The maximum absolute atomic E-state index is 13.8. The van der Waals surface area contributed by atoms with Crippen LogP contribution < -0.4 is 16.2 Å². The van der Waals surface area contributed by atoms with Crippen molar-refractivity contribution in [2.75, 3.05) is 11.9 Å². The summed E-state index contributed by atoms with van der Waals surface area (Å²) in [6.45, 7) is 0.119. The number of pyridine rings is 1. The number of H-pyrrole nitrogens is 1. The highest BCUT2D eigenvalue weighted by Gasteiger charge is 2.51. The number of aliphatic carboxylic acids is 1. The van der Waals surface area contributed by atoms with Gasteiger partial charge in [0.05, 0.1) is 15.5 Å². The van der Waals surface area contributed by atoms with Crippen molar-refractivity contribution in [1.82, 2.24) is 14.6 Å². The van der Waals surface area contributed by atoms with Gasteiger partial charge in [0.15, 0.2) is 0 Å². The summed E-state index contributed by atoms with van der Waals surface area (Å²) in [5.74, 6) is -3.06. The lowest BCUT2D eigenvalue weighted by molar-refractivity contribution is -0.142. The topological polar surface area (TPSA) is 166 Å². The molecule has 5 rings (SSSR count). The summed E-state index contributed by atoms with van der Waals surface area (Å²) < 4.78 is 28.8. The van der Waals surface area contributed by atoms with Crippen LogP contribution in [0.15, 0.2) is 58.4 Å². The molecule has 2 aromatic carbocycles. The first-order valence-corrected chi connectivity index (χ1v) is 17.2. The Kier molecular flexibility index (Phi) is 10.4. The zero-order valence-corrected chi connectivity index (χ0v) is 27.8. The van der Waals surface area contributed by atoms with E-state index in [1.165, 1.54) is 30.3 Å². The second-order valence-electron chi connectivity index (χ2n) is 11.2. The maximum Gasteiger partial charge on any atom is 0.326 e. The predicted molar refractivity (Wildman–Crippen MR) is 174 cm³/mol. The third-order valence-corrected chi connectivity index (χ3v) is 11.2. The summed E-state index contributed by atoms with van der Waals surface area (Å²) in [5, 5.41) is 15.0. The molecule has 1 aromatic heterocycles. The van der Waals surface area contributed by atoms with E-state index in [-0.39, 0.29) is 55.4 Å². The molecule has 3 aromatic rings. The lowest BCUT2D eigenvalue weighted by Gasteiger charge is -2.30. The second-order valence-corrected chi connectivity index (χ2v) is 14.8. The number of aromatic amines is 1. The number of carboxylic acids is 1. The van der Waals surface area contributed by atoms with Crippen molar-refractivity contribution in [2.24, 2.45) is 11.8 Å². The first-order chi connectivity index (χ1) is 21.8. The second kappa shape index (κ2) is 13.9. The minimum atomic E-state index is -4.21. The lowest BCUT2D eigenvalue weighted by Crippen LogP contribution is -2.53. The third-order valence-electron chi connectivity index (χ3n) is 8.29. The molecular weight excluding hydrogens is 702 g/mol. The van der Waals surface area contributed by atoms with E-state index >= 15 is 0 Å². The van der Waals surface area contributed by atoms with Crippen LogP contribution in [-0.2, 0) is 26.0 Å². The summed E-state index contributed by atoms with van der Waals surface area (Å²) in [5.41, 5.74) is -0.0581. The third kappa shape index (κ3) is 7.22.